The van der Waals surface area contributed by atoms with Crippen LogP contribution in [0.1, 0.15) is 42.1 Å². The third-order valence-corrected chi connectivity index (χ3v) is 4.74. The van der Waals surface area contributed by atoms with E-state index in [2.05, 4.69) is 15.9 Å². The van der Waals surface area contributed by atoms with Gasteiger partial charge in [-0.25, -0.2) is 4.79 Å². The normalized spacial score (nSPS) is 25.6. The number of carbonyl (C=O) groups excluding carboxylic acids is 1. The van der Waals surface area contributed by atoms with Crippen LogP contribution in [0.2, 0.25) is 0 Å². The number of ether oxygens (including phenoxy) is 5. The number of esters is 1. The van der Waals surface area contributed by atoms with Gasteiger partial charge in [0.1, 0.15) is 6.61 Å². The van der Waals surface area contributed by atoms with Crippen molar-refractivity contribution in [1.29, 1.82) is 0 Å². The number of benzene rings is 1. The molecule has 2 unspecified atom stereocenters. The Morgan fingerprint density at radius 3 is 2.79 bits per heavy atom. The summed E-state index contributed by atoms with van der Waals surface area (Å²) in [5.41, 5.74) is 1.12. The van der Waals surface area contributed by atoms with Crippen LogP contribution in [0.3, 0.4) is 0 Å². The number of halogens is 1. The molecule has 0 aromatic heterocycles. The third-order valence-electron chi connectivity index (χ3n) is 4.15. The second-order valence-electron chi connectivity index (χ2n) is 6.13. The van der Waals surface area contributed by atoms with E-state index < -0.39 is 11.8 Å². The van der Waals surface area contributed by atoms with Crippen LogP contribution in [-0.2, 0) is 14.2 Å². The quantitative estimate of drug-likeness (QED) is 0.719. The van der Waals surface area contributed by atoms with Crippen LogP contribution in [0, 0.1) is 6.92 Å². The molecule has 0 spiro atoms. The number of carbonyl (C=O) groups is 1. The van der Waals surface area contributed by atoms with Crippen LogP contribution in [0.5, 0.6) is 11.5 Å². The summed E-state index contributed by atoms with van der Waals surface area (Å²) in [5, 5.41) is 0. The molecule has 132 valence electrons. The summed E-state index contributed by atoms with van der Waals surface area (Å²) in [6.45, 7) is 4.56. The van der Waals surface area contributed by atoms with E-state index in [0.717, 1.165) is 25.9 Å². The lowest BCUT2D eigenvalue weighted by molar-refractivity contribution is -0.211. The Bertz CT molecular complexity index is 640. The average Bonchev–Trinajstić information content (AvgIpc) is 2.96. The molecule has 1 fully saturated rings. The smallest absolute Gasteiger partial charge is 0.338 e. The Hall–Kier alpha value is -1.31. The molecular formula is C17H21BrO6. The number of methoxy groups -OCH3 is 1. The van der Waals surface area contributed by atoms with Crippen molar-refractivity contribution in [3.8, 4) is 11.5 Å². The number of hydrogen-bond donors (Lipinski definition) is 0. The highest BCUT2D eigenvalue weighted by Gasteiger charge is 2.41. The van der Waals surface area contributed by atoms with E-state index in [-0.39, 0.29) is 12.9 Å². The molecule has 2 aliphatic heterocycles. The van der Waals surface area contributed by atoms with Crippen molar-refractivity contribution in [3.63, 3.8) is 0 Å². The summed E-state index contributed by atoms with van der Waals surface area (Å²) >= 11 is 3.43. The molecule has 2 heterocycles. The van der Waals surface area contributed by atoms with E-state index in [1.54, 1.807) is 19.9 Å². The first-order valence-corrected chi connectivity index (χ1v) is 8.75. The predicted octanol–water partition coefficient (Wildman–Crippen LogP) is 3.57. The van der Waals surface area contributed by atoms with Gasteiger partial charge in [0.25, 0.3) is 5.79 Å². The fourth-order valence-electron chi connectivity index (χ4n) is 2.84. The van der Waals surface area contributed by atoms with E-state index in [1.165, 1.54) is 7.11 Å². The molecule has 0 bridgehead atoms. The standard InChI is InChI=1S/C17H21BrO6/c1-10-11(16(19)20-3)8-12(18)15-14(10)23-17(2,24-15)9-22-13-6-4-5-7-21-13/h8,13H,4-7,9H2,1-3H3. The molecule has 2 aliphatic rings. The van der Waals surface area contributed by atoms with Gasteiger partial charge in [0, 0.05) is 19.1 Å². The Labute approximate surface area is 149 Å². The van der Waals surface area contributed by atoms with Crippen molar-refractivity contribution in [1.82, 2.24) is 0 Å². The third kappa shape index (κ3) is 3.38. The highest BCUT2D eigenvalue weighted by molar-refractivity contribution is 9.10. The van der Waals surface area contributed by atoms with Gasteiger partial charge in [-0.05, 0) is 48.2 Å². The average molecular weight is 401 g/mol. The second-order valence-corrected chi connectivity index (χ2v) is 6.98. The van der Waals surface area contributed by atoms with Gasteiger partial charge in [0.2, 0.25) is 0 Å². The Balaban J connectivity index is 1.76. The van der Waals surface area contributed by atoms with Crippen molar-refractivity contribution in [2.45, 2.75) is 45.2 Å². The summed E-state index contributed by atoms with van der Waals surface area (Å²) < 4.78 is 28.8. The minimum atomic E-state index is -0.967. The van der Waals surface area contributed by atoms with Gasteiger partial charge in [-0.2, -0.15) is 0 Å². The van der Waals surface area contributed by atoms with Crippen molar-refractivity contribution in [3.05, 3.63) is 21.7 Å². The maximum absolute atomic E-state index is 11.9. The molecular weight excluding hydrogens is 380 g/mol. The topological polar surface area (TPSA) is 63.2 Å². The minimum Gasteiger partial charge on any atom is -0.465 e. The molecule has 0 radical (unpaired) electrons. The maximum Gasteiger partial charge on any atom is 0.338 e. The van der Waals surface area contributed by atoms with Gasteiger partial charge in [0.15, 0.2) is 17.8 Å². The summed E-state index contributed by atoms with van der Waals surface area (Å²) in [5.74, 6) is -0.290. The van der Waals surface area contributed by atoms with Gasteiger partial charge in [0.05, 0.1) is 17.1 Å². The molecule has 0 amide bonds. The van der Waals surface area contributed by atoms with Gasteiger partial charge < -0.3 is 23.7 Å². The van der Waals surface area contributed by atoms with Crippen LogP contribution >= 0.6 is 15.9 Å². The Morgan fingerprint density at radius 1 is 1.38 bits per heavy atom. The van der Waals surface area contributed by atoms with Gasteiger partial charge in [-0.15, -0.1) is 0 Å². The van der Waals surface area contributed by atoms with Crippen molar-refractivity contribution < 1.29 is 28.5 Å². The lowest BCUT2D eigenvalue weighted by Gasteiger charge is -2.28. The van der Waals surface area contributed by atoms with E-state index in [9.17, 15) is 4.79 Å². The van der Waals surface area contributed by atoms with Crippen LogP contribution in [0.25, 0.3) is 0 Å². The first-order chi connectivity index (χ1) is 11.4. The second kappa shape index (κ2) is 6.90. The molecule has 6 nitrogen and oxygen atoms in total. The van der Waals surface area contributed by atoms with Crippen LogP contribution in [-0.4, -0.2) is 38.4 Å². The van der Waals surface area contributed by atoms with Crippen LogP contribution in [0.4, 0.5) is 0 Å². The molecule has 0 saturated carbocycles. The largest absolute Gasteiger partial charge is 0.465 e. The number of hydrogen-bond acceptors (Lipinski definition) is 6. The highest BCUT2D eigenvalue weighted by atomic mass is 79.9. The highest BCUT2D eigenvalue weighted by Crippen LogP contribution is 2.48. The zero-order valence-electron chi connectivity index (χ0n) is 14.0. The summed E-state index contributed by atoms with van der Waals surface area (Å²) in [4.78, 5) is 11.9. The summed E-state index contributed by atoms with van der Waals surface area (Å²) in [6, 6.07) is 1.68. The number of fused-ring (bicyclic) bond motifs is 1. The molecule has 1 saturated heterocycles. The van der Waals surface area contributed by atoms with Gasteiger partial charge >= 0.3 is 5.97 Å². The lowest BCUT2D eigenvalue weighted by Crippen LogP contribution is -2.42. The van der Waals surface area contributed by atoms with Crippen molar-refractivity contribution >= 4 is 21.9 Å². The molecule has 0 aliphatic carbocycles. The zero-order valence-corrected chi connectivity index (χ0v) is 15.6. The van der Waals surface area contributed by atoms with Crippen LogP contribution in [0.15, 0.2) is 10.5 Å². The Kier molecular flexibility index (Phi) is 5.03. The zero-order chi connectivity index (χ0) is 17.3. The maximum atomic E-state index is 11.9. The number of rotatable bonds is 4. The van der Waals surface area contributed by atoms with E-state index in [0.29, 0.717) is 27.1 Å². The lowest BCUT2D eigenvalue weighted by atomic mass is 10.1. The molecule has 7 heteroatoms. The van der Waals surface area contributed by atoms with Crippen molar-refractivity contribution in [2.24, 2.45) is 0 Å². The fraction of sp³-hybridized carbons (Fsp3) is 0.588. The monoisotopic (exact) mass is 400 g/mol. The SMILES string of the molecule is COC(=O)c1cc(Br)c2c(c1C)OC(C)(COC1CCCCO1)O2. The molecule has 3 rings (SSSR count). The molecule has 0 N–H and O–H groups in total. The minimum absolute atomic E-state index is 0.221. The fourth-order valence-corrected chi connectivity index (χ4v) is 3.33. The summed E-state index contributed by atoms with van der Waals surface area (Å²) in [7, 11) is 1.35. The van der Waals surface area contributed by atoms with Crippen molar-refractivity contribution in [2.75, 3.05) is 20.3 Å². The van der Waals surface area contributed by atoms with Crippen LogP contribution < -0.4 is 9.47 Å². The first kappa shape index (κ1) is 17.5. The Morgan fingerprint density at radius 2 is 2.12 bits per heavy atom. The molecule has 24 heavy (non-hydrogen) atoms. The molecule has 1 aromatic carbocycles. The van der Waals surface area contributed by atoms with E-state index >= 15 is 0 Å². The first-order valence-electron chi connectivity index (χ1n) is 7.96. The van der Waals surface area contributed by atoms with Gasteiger partial charge in [-0.3, -0.25) is 0 Å². The molecule has 1 aromatic rings. The van der Waals surface area contributed by atoms with E-state index in [4.69, 9.17) is 23.7 Å². The summed E-state index contributed by atoms with van der Waals surface area (Å²) in [6.07, 6.45) is 2.81. The van der Waals surface area contributed by atoms with Gasteiger partial charge in [-0.1, -0.05) is 0 Å². The van der Waals surface area contributed by atoms with E-state index in [1.807, 2.05) is 0 Å². The predicted molar refractivity (Wildman–Crippen MR) is 89.4 cm³/mol. The molecule has 2 atom stereocenters.